The number of nitrogens with zero attached hydrogens (tertiary/aromatic N) is 1. The lowest BCUT2D eigenvalue weighted by Gasteiger charge is -2.32. The summed E-state index contributed by atoms with van der Waals surface area (Å²) in [5.41, 5.74) is 3.31. The second-order valence-corrected chi connectivity index (χ2v) is 10.3. The molecule has 1 aliphatic heterocycles. The Kier molecular flexibility index (Phi) is 8.10. The van der Waals surface area contributed by atoms with Gasteiger partial charge in [-0.1, -0.05) is 24.3 Å². The van der Waals surface area contributed by atoms with E-state index < -0.39 is 10.0 Å². The fourth-order valence-corrected chi connectivity index (χ4v) is 5.25. The predicted octanol–water partition coefficient (Wildman–Crippen LogP) is 2.95. The molecular formula is C24H32N4O4S. The summed E-state index contributed by atoms with van der Waals surface area (Å²) in [7, 11) is -3.65. The van der Waals surface area contributed by atoms with Gasteiger partial charge in [-0.05, 0) is 68.5 Å². The minimum absolute atomic E-state index is 0.0890. The Labute approximate surface area is 195 Å². The number of likely N-dealkylation sites (tertiary alicyclic amines) is 1. The van der Waals surface area contributed by atoms with Gasteiger partial charge >= 0.3 is 6.03 Å². The van der Waals surface area contributed by atoms with Crippen molar-refractivity contribution in [1.29, 1.82) is 0 Å². The molecule has 3 amide bonds. The standard InChI is InChI=1S/C24H32N4O4S/c1-17-6-4-8-21(14-17)27-24(30)28-13-5-7-20(16-28)23(29)25-11-12-26-33(31,32)22-15-18(2)9-10-19(22)3/h4,6,8-10,14-15,20,26H,5,7,11-13,16H2,1-3H3,(H,25,29)(H,27,30). The molecule has 3 N–H and O–H groups in total. The predicted molar refractivity (Wildman–Crippen MR) is 129 cm³/mol. The number of piperidine rings is 1. The maximum atomic E-state index is 12.6. The molecule has 1 saturated heterocycles. The molecule has 0 spiro atoms. The molecule has 1 unspecified atom stereocenters. The van der Waals surface area contributed by atoms with Crippen molar-refractivity contribution >= 4 is 27.6 Å². The van der Waals surface area contributed by atoms with E-state index in [4.69, 9.17) is 0 Å². The molecule has 0 radical (unpaired) electrons. The first-order valence-electron chi connectivity index (χ1n) is 11.1. The van der Waals surface area contributed by atoms with E-state index in [0.29, 0.717) is 25.1 Å². The maximum absolute atomic E-state index is 12.6. The Morgan fingerprint density at radius 2 is 1.79 bits per heavy atom. The van der Waals surface area contributed by atoms with Crippen LogP contribution in [0.15, 0.2) is 47.4 Å². The highest BCUT2D eigenvalue weighted by molar-refractivity contribution is 7.89. The number of benzene rings is 2. The molecule has 1 atom stereocenters. The van der Waals surface area contributed by atoms with E-state index in [2.05, 4.69) is 15.4 Å². The molecule has 0 aromatic heterocycles. The number of nitrogens with one attached hydrogen (secondary N) is 3. The number of urea groups is 1. The monoisotopic (exact) mass is 472 g/mol. The summed E-state index contributed by atoms with van der Waals surface area (Å²) >= 11 is 0. The van der Waals surface area contributed by atoms with Crippen LogP contribution in [-0.4, -0.2) is 51.4 Å². The minimum Gasteiger partial charge on any atom is -0.354 e. The highest BCUT2D eigenvalue weighted by atomic mass is 32.2. The van der Waals surface area contributed by atoms with E-state index >= 15 is 0 Å². The van der Waals surface area contributed by atoms with Gasteiger partial charge in [0.1, 0.15) is 0 Å². The number of hydrogen-bond donors (Lipinski definition) is 3. The van der Waals surface area contributed by atoms with Gasteiger partial charge in [-0.15, -0.1) is 0 Å². The number of amides is 3. The van der Waals surface area contributed by atoms with Gasteiger partial charge in [-0.25, -0.2) is 17.9 Å². The molecule has 1 aliphatic rings. The molecule has 178 valence electrons. The molecule has 0 aliphatic carbocycles. The third-order valence-electron chi connectivity index (χ3n) is 5.70. The van der Waals surface area contributed by atoms with Crippen LogP contribution < -0.4 is 15.4 Å². The minimum atomic E-state index is -3.65. The van der Waals surface area contributed by atoms with E-state index in [9.17, 15) is 18.0 Å². The maximum Gasteiger partial charge on any atom is 0.321 e. The quantitative estimate of drug-likeness (QED) is 0.539. The van der Waals surface area contributed by atoms with Crippen molar-refractivity contribution in [3.63, 3.8) is 0 Å². The summed E-state index contributed by atoms with van der Waals surface area (Å²) in [6.45, 7) is 6.74. The Bertz CT molecular complexity index is 1120. The molecule has 0 saturated carbocycles. The molecule has 1 heterocycles. The van der Waals surface area contributed by atoms with Crippen molar-refractivity contribution < 1.29 is 18.0 Å². The Balaban J connectivity index is 1.47. The number of rotatable bonds is 7. The van der Waals surface area contributed by atoms with E-state index in [1.807, 2.05) is 44.2 Å². The Morgan fingerprint density at radius 1 is 1.03 bits per heavy atom. The lowest BCUT2D eigenvalue weighted by molar-refractivity contribution is -0.126. The van der Waals surface area contributed by atoms with Gasteiger partial charge in [0.2, 0.25) is 15.9 Å². The molecule has 3 rings (SSSR count). The van der Waals surface area contributed by atoms with Crippen molar-refractivity contribution in [2.75, 3.05) is 31.5 Å². The summed E-state index contributed by atoms with van der Waals surface area (Å²) in [5.74, 6) is -0.494. The van der Waals surface area contributed by atoms with Gasteiger partial charge in [0.25, 0.3) is 0 Å². The van der Waals surface area contributed by atoms with E-state index in [1.165, 1.54) is 0 Å². The van der Waals surface area contributed by atoms with Crippen molar-refractivity contribution in [2.24, 2.45) is 5.92 Å². The van der Waals surface area contributed by atoms with Crippen LogP contribution in [0.1, 0.15) is 29.5 Å². The number of hydrogen-bond acceptors (Lipinski definition) is 4. The zero-order valence-corrected chi connectivity index (χ0v) is 20.2. The number of carbonyl (C=O) groups excluding carboxylic acids is 2. The molecule has 2 aromatic carbocycles. The summed E-state index contributed by atoms with van der Waals surface area (Å²) in [6.07, 6.45) is 1.42. The van der Waals surface area contributed by atoms with Crippen LogP contribution in [0, 0.1) is 26.7 Å². The Morgan fingerprint density at radius 3 is 2.55 bits per heavy atom. The highest BCUT2D eigenvalue weighted by Gasteiger charge is 2.28. The SMILES string of the molecule is Cc1cccc(NC(=O)N2CCCC(C(=O)NCCNS(=O)(=O)c3cc(C)ccc3C)C2)c1. The largest absolute Gasteiger partial charge is 0.354 e. The zero-order valence-electron chi connectivity index (χ0n) is 19.3. The van der Waals surface area contributed by atoms with E-state index in [-0.39, 0.29) is 35.8 Å². The first-order valence-corrected chi connectivity index (χ1v) is 12.6. The molecule has 0 bridgehead atoms. The van der Waals surface area contributed by atoms with Crippen LogP contribution in [0.2, 0.25) is 0 Å². The first kappa shape index (κ1) is 24.7. The molecule has 8 nitrogen and oxygen atoms in total. The molecular weight excluding hydrogens is 440 g/mol. The van der Waals surface area contributed by atoms with E-state index in [0.717, 1.165) is 23.2 Å². The van der Waals surface area contributed by atoms with Crippen LogP contribution in [0.3, 0.4) is 0 Å². The fraction of sp³-hybridized carbons (Fsp3) is 0.417. The highest BCUT2D eigenvalue weighted by Crippen LogP contribution is 2.19. The van der Waals surface area contributed by atoms with Gasteiger partial charge in [-0.3, -0.25) is 4.79 Å². The van der Waals surface area contributed by atoms with Crippen molar-refractivity contribution in [1.82, 2.24) is 14.9 Å². The van der Waals surface area contributed by atoms with Crippen molar-refractivity contribution in [3.05, 3.63) is 59.2 Å². The molecule has 2 aromatic rings. The average Bonchev–Trinajstić information content (AvgIpc) is 2.78. The van der Waals surface area contributed by atoms with Crippen molar-refractivity contribution in [2.45, 2.75) is 38.5 Å². The summed E-state index contributed by atoms with van der Waals surface area (Å²) in [6, 6.07) is 12.6. The van der Waals surface area contributed by atoms with Gasteiger partial charge in [0.15, 0.2) is 0 Å². The third-order valence-corrected chi connectivity index (χ3v) is 7.30. The molecule has 9 heteroatoms. The topological polar surface area (TPSA) is 108 Å². The lowest BCUT2D eigenvalue weighted by atomic mass is 9.97. The summed E-state index contributed by atoms with van der Waals surface area (Å²) < 4.78 is 27.7. The second kappa shape index (κ2) is 10.8. The van der Waals surface area contributed by atoms with Gasteiger partial charge in [0, 0.05) is 31.9 Å². The number of sulfonamides is 1. The average molecular weight is 473 g/mol. The van der Waals surface area contributed by atoms with Crippen LogP contribution in [0.25, 0.3) is 0 Å². The van der Waals surface area contributed by atoms with Crippen LogP contribution in [0.4, 0.5) is 10.5 Å². The number of carbonyl (C=O) groups is 2. The lowest BCUT2D eigenvalue weighted by Crippen LogP contribution is -2.47. The number of aryl methyl sites for hydroxylation is 3. The molecule has 33 heavy (non-hydrogen) atoms. The van der Waals surface area contributed by atoms with E-state index in [1.54, 1.807) is 24.0 Å². The van der Waals surface area contributed by atoms with Crippen LogP contribution in [0.5, 0.6) is 0 Å². The molecule has 1 fully saturated rings. The fourth-order valence-electron chi connectivity index (χ4n) is 3.89. The van der Waals surface area contributed by atoms with Crippen LogP contribution >= 0.6 is 0 Å². The van der Waals surface area contributed by atoms with Gasteiger partial charge in [-0.2, -0.15) is 0 Å². The van der Waals surface area contributed by atoms with Crippen molar-refractivity contribution in [3.8, 4) is 0 Å². The summed E-state index contributed by atoms with van der Waals surface area (Å²) in [5, 5.41) is 5.68. The first-order chi connectivity index (χ1) is 15.7. The smallest absolute Gasteiger partial charge is 0.321 e. The van der Waals surface area contributed by atoms with Gasteiger partial charge < -0.3 is 15.5 Å². The Hall–Kier alpha value is -2.91. The third kappa shape index (κ3) is 6.79. The van der Waals surface area contributed by atoms with Crippen LogP contribution in [-0.2, 0) is 14.8 Å². The normalized spacial score (nSPS) is 16.3. The number of anilines is 1. The summed E-state index contributed by atoms with van der Waals surface area (Å²) in [4.78, 5) is 27.1. The second-order valence-electron chi connectivity index (χ2n) is 8.54. The zero-order chi connectivity index (χ0) is 24.0. The van der Waals surface area contributed by atoms with Gasteiger partial charge in [0.05, 0.1) is 10.8 Å².